The van der Waals surface area contributed by atoms with E-state index in [1.54, 1.807) is 7.11 Å². The number of nitrogens with one attached hydrogen (secondary N) is 1. The zero-order valence-electron chi connectivity index (χ0n) is 14.1. The Morgan fingerprint density at radius 2 is 2.04 bits per heavy atom. The molecular weight excluding hydrogens is 318 g/mol. The Morgan fingerprint density at radius 1 is 1.20 bits per heavy atom. The number of anilines is 1. The Labute approximate surface area is 145 Å². The zero-order valence-corrected chi connectivity index (χ0v) is 14.1. The molecule has 1 atom stereocenters. The highest BCUT2D eigenvalue weighted by Crippen LogP contribution is 2.36. The lowest BCUT2D eigenvalue weighted by Gasteiger charge is -2.24. The maximum absolute atomic E-state index is 5.98. The standard InChI is InChI=1S/C18H19N5O2/c1-3-25-15-10-11(8-9-14(15)24-2)16-21-17(19)22-18-20-12-6-4-5-7-13(12)23(16)18/h4-10,16H,3H2,1-2H3,(H3,19,20,21,22). The van der Waals surface area contributed by atoms with E-state index in [9.17, 15) is 0 Å². The van der Waals surface area contributed by atoms with Crippen LogP contribution in [-0.4, -0.2) is 29.2 Å². The molecule has 0 amide bonds. The normalized spacial score (nSPS) is 16.1. The van der Waals surface area contributed by atoms with Crippen LogP contribution in [-0.2, 0) is 0 Å². The van der Waals surface area contributed by atoms with E-state index in [1.165, 1.54) is 0 Å². The highest BCUT2D eigenvalue weighted by Gasteiger charge is 2.25. The minimum absolute atomic E-state index is 0.325. The first-order valence-corrected chi connectivity index (χ1v) is 8.09. The van der Waals surface area contributed by atoms with Crippen LogP contribution >= 0.6 is 0 Å². The monoisotopic (exact) mass is 337 g/mol. The lowest BCUT2D eigenvalue weighted by Crippen LogP contribution is -2.31. The number of nitrogens with two attached hydrogens (primary N) is 1. The van der Waals surface area contributed by atoms with Crippen molar-refractivity contribution < 1.29 is 9.47 Å². The van der Waals surface area contributed by atoms with Crippen molar-refractivity contribution in [2.75, 3.05) is 19.0 Å². The van der Waals surface area contributed by atoms with E-state index in [2.05, 4.69) is 15.3 Å². The van der Waals surface area contributed by atoms with Crippen molar-refractivity contribution in [2.45, 2.75) is 13.1 Å². The van der Waals surface area contributed by atoms with Gasteiger partial charge in [-0.05, 0) is 31.2 Å². The van der Waals surface area contributed by atoms with Crippen LogP contribution in [0.15, 0.2) is 47.5 Å². The molecule has 3 aromatic rings. The van der Waals surface area contributed by atoms with Crippen LogP contribution in [0.3, 0.4) is 0 Å². The van der Waals surface area contributed by atoms with E-state index in [0.717, 1.165) is 16.6 Å². The van der Waals surface area contributed by atoms with Gasteiger partial charge in [0.1, 0.15) is 0 Å². The first kappa shape index (κ1) is 15.3. The number of hydrogen-bond donors (Lipinski definition) is 2. The smallest absolute Gasteiger partial charge is 0.212 e. The number of fused-ring (bicyclic) bond motifs is 3. The van der Waals surface area contributed by atoms with Crippen LogP contribution in [0.25, 0.3) is 11.0 Å². The molecule has 0 saturated heterocycles. The van der Waals surface area contributed by atoms with Gasteiger partial charge < -0.3 is 15.2 Å². The third-order valence-electron chi connectivity index (χ3n) is 4.13. The molecule has 3 N–H and O–H groups in total. The van der Waals surface area contributed by atoms with Gasteiger partial charge in [0.25, 0.3) is 0 Å². The molecule has 0 aliphatic carbocycles. The molecule has 0 saturated carbocycles. The fourth-order valence-electron chi connectivity index (χ4n) is 3.06. The molecule has 128 valence electrons. The molecule has 0 bridgehead atoms. The van der Waals surface area contributed by atoms with Gasteiger partial charge in [-0.2, -0.15) is 0 Å². The van der Waals surface area contributed by atoms with E-state index in [1.807, 2.05) is 54.0 Å². The molecule has 0 spiro atoms. The quantitative estimate of drug-likeness (QED) is 0.764. The third kappa shape index (κ3) is 2.53. The molecule has 1 aromatic heterocycles. The molecule has 2 aromatic carbocycles. The van der Waals surface area contributed by atoms with E-state index < -0.39 is 0 Å². The molecule has 1 unspecified atom stereocenters. The third-order valence-corrected chi connectivity index (χ3v) is 4.13. The van der Waals surface area contributed by atoms with E-state index in [0.29, 0.717) is 30.0 Å². The Bertz CT molecular complexity index is 963. The van der Waals surface area contributed by atoms with Gasteiger partial charge in [-0.15, -0.1) is 0 Å². The van der Waals surface area contributed by atoms with Gasteiger partial charge in [0.2, 0.25) is 5.95 Å². The Morgan fingerprint density at radius 3 is 2.84 bits per heavy atom. The van der Waals surface area contributed by atoms with Crippen LogP contribution in [0, 0.1) is 0 Å². The molecule has 0 fully saturated rings. The van der Waals surface area contributed by atoms with Crippen molar-refractivity contribution in [3.63, 3.8) is 0 Å². The molecule has 1 aliphatic rings. The molecule has 0 radical (unpaired) electrons. The van der Waals surface area contributed by atoms with Crippen LogP contribution in [0.2, 0.25) is 0 Å². The number of aliphatic imine (C=N–C) groups is 1. The number of hydrogen-bond acceptors (Lipinski definition) is 6. The summed E-state index contributed by atoms with van der Waals surface area (Å²) >= 11 is 0. The molecule has 4 rings (SSSR count). The molecule has 7 heteroatoms. The predicted molar refractivity (Wildman–Crippen MR) is 97.3 cm³/mol. The van der Waals surface area contributed by atoms with Crippen molar-refractivity contribution in [1.82, 2.24) is 9.55 Å². The average molecular weight is 337 g/mol. The second-order valence-corrected chi connectivity index (χ2v) is 5.65. The average Bonchev–Trinajstić information content (AvgIpc) is 2.99. The van der Waals surface area contributed by atoms with Gasteiger partial charge >= 0.3 is 0 Å². The van der Waals surface area contributed by atoms with Crippen molar-refractivity contribution >= 4 is 22.9 Å². The second-order valence-electron chi connectivity index (χ2n) is 5.65. The number of imidazole rings is 1. The Kier molecular flexibility index (Phi) is 3.68. The van der Waals surface area contributed by atoms with Crippen molar-refractivity contribution in [2.24, 2.45) is 10.7 Å². The molecule has 25 heavy (non-hydrogen) atoms. The summed E-state index contributed by atoms with van der Waals surface area (Å²) < 4.78 is 13.1. The molecule has 2 heterocycles. The van der Waals surface area contributed by atoms with Gasteiger partial charge in [-0.1, -0.05) is 18.2 Å². The number of rotatable bonds is 4. The van der Waals surface area contributed by atoms with Crippen LogP contribution in [0.5, 0.6) is 11.5 Å². The van der Waals surface area contributed by atoms with Crippen molar-refractivity contribution in [1.29, 1.82) is 0 Å². The van der Waals surface area contributed by atoms with Crippen LogP contribution in [0.1, 0.15) is 18.7 Å². The van der Waals surface area contributed by atoms with E-state index in [4.69, 9.17) is 15.2 Å². The molecule has 7 nitrogen and oxygen atoms in total. The SMILES string of the molecule is CCOc1cc(C2N=C(N)Nc3nc4ccccc4n32)ccc1OC. The fraction of sp³-hybridized carbons (Fsp3) is 0.222. The minimum Gasteiger partial charge on any atom is -0.493 e. The minimum atomic E-state index is -0.325. The lowest BCUT2D eigenvalue weighted by atomic mass is 10.1. The summed E-state index contributed by atoms with van der Waals surface area (Å²) in [6.07, 6.45) is -0.325. The highest BCUT2D eigenvalue weighted by molar-refractivity contribution is 5.94. The number of methoxy groups -OCH3 is 1. The summed E-state index contributed by atoms with van der Waals surface area (Å²) in [4.78, 5) is 9.19. The number of guanidine groups is 1. The maximum atomic E-state index is 5.98. The number of benzene rings is 2. The van der Waals surface area contributed by atoms with Gasteiger partial charge in [0, 0.05) is 5.56 Å². The first-order valence-electron chi connectivity index (χ1n) is 8.09. The van der Waals surface area contributed by atoms with Gasteiger partial charge in [0.05, 0.1) is 24.8 Å². The highest BCUT2D eigenvalue weighted by atomic mass is 16.5. The van der Waals surface area contributed by atoms with E-state index >= 15 is 0 Å². The van der Waals surface area contributed by atoms with Crippen LogP contribution in [0.4, 0.5) is 5.95 Å². The fourth-order valence-corrected chi connectivity index (χ4v) is 3.06. The molecular formula is C18H19N5O2. The Balaban J connectivity index is 1.88. The lowest BCUT2D eigenvalue weighted by molar-refractivity contribution is 0.310. The van der Waals surface area contributed by atoms with Gasteiger partial charge in [0.15, 0.2) is 23.6 Å². The summed E-state index contributed by atoms with van der Waals surface area (Å²) in [6.45, 7) is 2.49. The summed E-state index contributed by atoms with van der Waals surface area (Å²) in [6, 6.07) is 13.7. The van der Waals surface area contributed by atoms with Crippen LogP contribution < -0.4 is 20.5 Å². The summed E-state index contributed by atoms with van der Waals surface area (Å²) in [7, 11) is 1.62. The van der Waals surface area contributed by atoms with Crippen molar-refractivity contribution in [3.05, 3.63) is 48.0 Å². The number of nitrogens with zero attached hydrogens (tertiary/aromatic N) is 3. The first-order chi connectivity index (χ1) is 12.2. The number of para-hydroxylation sites is 2. The van der Waals surface area contributed by atoms with Gasteiger partial charge in [-0.25, -0.2) is 9.98 Å². The summed E-state index contributed by atoms with van der Waals surface area (Å²) in [5.41, 5.74) is 8.80. The summed E-state index contributed by atoms with van der Waals surface area (Å²) in [5.74, 6) is 2.38. The Hall–Kier alpha value is -3.22. The van der Waals surface area contributed by atoms with E-state index in [-0.39, 0.29) is 6.17 Å². The summed E-state index contributed by atoms with van der Waals surface area (Å²) in [5, 5.41) is 3.04. The molecule has 1 aliphatic heterocycles. The zero-order chi connectivity index (χ0) is 17.4. The number of aromatic nitrogens is 2. The second kappa shape index (κ2) is 6.01. The maximum Gasteiger partial charge on any atom is 0.212 e. The number of ether oxygens (including phenoxy) is 2. The predicted octanol–water partition coefficient (Wildman–Crippen LogP) is 2.73. The topological polar surface area (TPSA) is 86.7 Å². The largest absolute Gasteiger partial charge is 0.493 e. The van der Waals surface area contributed by atoms with Crippen molar-refractivity contribution in [3.8, 4) is 11.5 Å². The van der Waals surface area contributed by atoms with Gasteiger partial charge in [-0.3, -0.25) is 9.88 Å².